The lowest BCUT2D eigenvalue weighted by molar-refractivity contribution is -0.207. The Morgan fingerprint density at radius 2 is 0.970 bits per heavy atom. The van der Waals surface area contributed by atoms with Gasteiger partial charge in [0.15, 0.2) is 12.2 Å². The molecule has 2 fully saturated rings. The molecule has 18 heteroatoms. The SMILES string of the molecule is COc1c(NC(=O)N[C@@H]2Cc3ccccc3[C@@H]2O)cc(C2(C)CCC2)cc1[C@@H](O)C(F)(F)F.COc1c(NC(=O)N[C@@H]2Cc3ccccc3[C@@H]2O)cc(C2(C)CCC2)cc1[C@H](O)C(F)(F)F. The number of ether oxygens (including phenoxy) is 2. The maximum atomic E-state index is 13.4. The molecular formula is C48H54F6N4O8. The summed E-state index contributed by atoms with van der Waals surface area (Å²) < 4.78 is 90.7. The number of methoxy groups -OCH3 is 2. The van der Waals surface area contributed by atoms with Crippen molar-refractivity contribution in [3.63, 3.8) is 0 Å². The van der Waals surface area contributed by atoms with Crippen LogP contribution in [0, 0.1) is 0 Å². The molecular weight excluding hydrogens is 875 g/mol. The number of amides is 4. The van der Waals surface area contributed by atoms with Gasteiger partial charge in [0.05, 0.1) is 49.9 Å². The molecule has 0 spiro atoms. The lowest BCUT2D eigenvalue weighted by Gasteiger charge is -2.40. The second kappa shape index (κ2) is 18.6. The Morgan fingerprint density at radius 3 is 1.26 bits per heavy atom. The molecule has 356 valence electrons. The van der Waals surface area contributed by atoms with Crippen LogP contribution in [0.3, 0.4) is 0 Å². The molecule has 8 rings (SSSR count). The summed E-state index contributed by atoms with van der Waals surface area (Å²) >= 11 is 0. The summed E-state index contributed by atoms with van der Waals surface area (Å²) in [4.78, 5) is 25.6. The first-order valence-electron chi connectivity index (χ1n) is 21.7. The highest BCUT2D eigenvalue weighted by Gasteiger charge is 2.45. The molecule has 0 heterocycles. The highest BCUT2D eigenvalue weighted by Crippen LogP contribution is 2.50. The summed E-state index contributed by atoms with van der Waals surface area (Å²) in [6.45, 7) is 3.88. The second-order valence-electron chi connectivity index (χ2n) is 18.1. The van der Waals surface area contributed by atoms with Crippen LogP contribution in [0.4, 0.5) is 47.3 Å². The van der Waals surface area contributed by atoms with Gasteiger partial charge in [-0.2, -0.15) is 26.3 Å². The van der Waals surface area contributed by atoms with E-state index in [9.17, 15) is 56.4 Å². The van der Waals surface area contributed by atoms with E-state index in [0.29, 0.717) is 24.0 Å². The van der Waals surface area contributed by atoms with Crippen molar-refractivity contribution in [2.24, 2.45) is 0 Å². The van der Waals surface area contributed by atoms with Gasteiger partial charge in [0.1, 0.15) is 11.5 Å². The molecule has 66 heavy (non-hydrogen) atoms. The third kappa shape index (κ3) is 9.78. The minimum atomic E-state index is -4.90. The van der Waals surface area contributed by atoms with E-state index in [-0.39, 0.29) is 33.7 Å². The number of carbonyl (C=O) groups excluding carboxylic acids is 2. The molecule has 0 bridgehead atoms. The molecule has 2 saturated carbocycles. The number of urea groups is 2. The van der Waals surface area contributed by atoms with Crippen LogP contribution in [0.5, 0.6) is 11.5 Å². The Kier molecular flexibility index (Phi) is 13.6. The topological polar surface area (TPSA) is 182 Å². The monoisotopic (exact) mass is 928 g/mol. The van der Waals surface area contributed by atoms with Gasteiger partial charge in [-0.3, -0.25) is 0 Å². The average molecular weight is 929 g/mol. The van der Waals surface area contributed by atoms with Gasteiger partial charge in [-0.1, -0.05) is 75.2 Å². The summed E-state index contributed by atoms with van der Waals surface area (Å²) in [6, 6.07) is 17.9. The molecule has 0 aliphatic heterocycles. The van der Waals surface area contributed by atoms with Gasteiger partial charge >= 0.3 is 24.4 Å². The number of fused-ring (bicyclic) bond motifs is 2. The summed E-state index contributed by atoms with van der Waals surface area (Å²) in [6.07, 6.45) is -11.2. The number of hydrogen-bond acceptors (Lipinski definition) is 8. The van der Waals surface area contributed by atoms with Crippen LogP contribution in [-0.2, 0) is 23.7 Å². The Bertz CT molecular complexity index is 2270. The number of nitrogens with one attached hydrogen (secondary N) is 4. The predicted molar refractivity (Wildman–Crippen MR) is 233 cm³/mol. The zero-order chi connectivity index (χ0) is 47.9. The van der Waals surface area contributed by atoms with Gasteiger partial charge in [0.25, 0.3) is 0 Å². The van der Waals surface area contributed by atoms with Crippen molar-refractivity contribution in [3.8, 4) is 11.5 Å². The van der Waals surface area contributed by atoms with Crippen molar-refractivity contribution in [1.29, 1.82) is 0 Å². The standard InChI is InChI=1S/2C24H27F3N2O4/c2*1-23(8-5-9-23)14-11-16(21(31)24(25,26)27)20(33-2)18(12-14)29-22(32)28-17-10-13-6-3-4-7-15(13)19(17)30/h2*3-4,6-7,11-12,17,19,21,30-31H,5,8-10H2,1-2H3,(H2,28,29,32)/t17-,19+,21+;17-,19+,21-/m11/s1. The van der Waals surface area contributed by atoms with Crippen LogP contribution in [-0.4, -0.2) is 71.1 Å². The van der Waals surface area contributed by atoms with E-state index in [1.165, 1.54) is 26.4 Å². The molecule has 0 unspecified atom stereocenters. The summed E-state index contributed by atoms with van der Waals surface area (Å²) in [5.41, 5.74) is 2.98. The van der Waals surface area contributed by atoms with Crippen LogP contribution in [0.2, 0.25) is 0 Å². The molecule has 0 radical (unpaired) electrons. The first-order valence-corrected chi connectivity index (χ1v) is 21.7. The quantitative estimate of drug-likeness (QED) is 0.0726. The minimum Gasteiger partial charge on any atom is -0.494 e. The number of carbonyl (C=O) groups is 2. The Balaban J connectivity index is 0.000000196. The van der Waals surface area contributed by atoms with E-state index in [1.54, 1.807) is 36.4 Å². The molecule has 6 atom stereocenters. The number of hydrogen-bond donors (Lipinski definition) is 8. The Labute approximate surface area is 377 Å². The average Bonchev–Trinajstić information content (AvgIpc) is 3.73. The van der Waals surface area contributed by atoms with E-state index in [1.807, 2.05) is 38.1 Å². The molecule has 4 aliphatic rings. The highest BCUT2D eigenvalue weighted by molar-refractivity contribution is 5.93. The van der Waals surface area contributed by atoms with E-state index in [4.69, 9.17) is 9.47 Å². The summed E-state index contributed by atoms with van der Waals surface area (Å²) in [5.74, 6) is -0.506. The van der Waals surface area contributed by atoms with Crippen molar-refractivity contribution >= 4 is 23.4 Å². The van der Waals surface area contributed by atoms with Crippen LogP contribution >= 0.6 is 0 Å². The highest BCUT2D eigenvalue weighted by atomic mass is 19.4. The van der Waals surface area contributed by atoms with E-state index < -0.39 is 72.0 Å². The lowest BCUT2D eigenvalue weighted by Crippen LogP contribution is -2.40. The number of aliphatic hydroxyl groups is 4. The number of alkyl halides is 6. The molecule has 4 aliphatic carbocycles. The molecule has 4 amide bonds. The fraction of sp³-hybridized carbons (Fsp3) is 0.458. The van der Waals surface area contributed by atoms with E-state index >= 15 is 0 Å². The van der Waals surface area contributed by atoms with Gasteiger partial charge < -0.3 is 51.2 Å². The molecule has 4 aromatic carbocycles. The number of benzene rings is 4. The maximum absolute atomic E-state index is 13.4. The van der Waals surface area contributed by atoms with Crippen molar-refractivity contribution in [2.75, 3.05) is 24.9 Å². The number of rotatable bonds is 10. The van der Waals surface area contributed by atoms with Crippen LogP contribution < -0.4 is 30.7 Å². The third-order valence-corrected chi connectivity index (χ3v) is 13.7. The summed E-state index contributed by atoms with van der Waals surface area (Å²) in [5, 5.41) is 51.6. The molecule has 0 saturated heterocycles. The maximum Gasteiger partial charge on any atom is 0.418 e. The molecule has 8 N–H and O–H groups in total. The first-order chi connectivity index (χ1) is 31.1. The normalized spacial score (nSPS) is 22.2. The number of halogens is 6. The fourth-order valence-corrected chi connectivity index (χ4v) is 9.45. The van der Waals surface area contributed by atoms with Crippen LogP contribution in [0.15, 0.2) is 72.8 Å². The first kappa shape index (κ1) is 48.4. The minimum absolute atomic E-state index is 0.0314. The van der Waals surface area contributed by atoms with Gasteiger partial charge in [-0.15, -0.1) is 0 Å². The number of anilines is 2. The number of aliphatic hydroxyl groups excluding tert-OH is 4. The van der Waals surface area contributed by atoms with Gasteiger partial charge in [-0.05, 0) is 107 Å². The van der Waals surface area contributed by atoms with Crippen LogP contribution in [0.25, 0.3) is 0 Å². The Hall–Kier alpha value is -5.56. The van der Waals surface area contributed by atoms with Crippen molar-refractivity contribution in [3.05, 3.63) is 117 Å². The lowest BCUT2D eigenvalue weighted by atomic mass is 9.65. The van der Waals surface area contributed by atoms with Gasteiger partial charge in [-0.25, -0.2) is 9.59 Å². The third-order valence-electron chi connectivity index (χ3n) is 13.7. The van der Waals surface area contributed by atoms with Gasteiger partial charge in [0, 0.05) is 11.1 Å². The Morgan fingerprint density at radius 1 is 0.621 bits per heavy atom. The van der Waals surface area contributed by atoms with Crippen molar-refractivity contribution in [2.45, 2.75) is 125 Å². The predicted octanol–water partition coefficient (Wildman–Crippen LogP) is 9.02. The molecule has 0 aromatic heterocycles. The zero-order valence-corrected chi connectivity index (χ0v) is 36.7. The molecule has 12 nitrogen and oxygen atoms in total. The van der Waals surface area contributed by atoms with Crippen LogP contribution in [0.1, 0.15) is 121 Å². The fourth-order valence-electron chi connectivity index (χ4n) is 9.45. The second-order valence-corrected chi connectivity index (χ2v) is 18.1. The van der Waals surface area contributed by atoms with E-state index in [2.05, 4.69) is 21.3 Å². The van der Waals surface area contributed by atoms with Crippen molar-refractivity contribution < 1.29 is 65.8 Å². The largest absolute Gasteiger partial charge is 0.494 e. The van der Waals surface area contributed by atoms with Crippen molar-refractivity contribution in [1.82, 2.24) is 10.6 Å². The zero-order valence-electron chi connectivity index (χ0n) is 36.7. The van der Waals surface area contributed by atoms with E-state index in [0.717, 1.165) is 60.8 Å². The summed E-state index contributed by atoms with van der Waals surface area (Å²) in [7, 11) is 2.38. The molecule has 4 aromatic rings. The van der Waals surface area contributed by atoms with Gasteiger partial charge in [0.2, 0.25) is 0 Å². The smallest absolute Gasteiger partial charge is 0.418 e.